The van der Waals surface area contributed by atoms with Gasteiger partial charge in [-0.2, -0.15) is 9.59 Å². The number of H-pyrrole nitrogens is 1. The van der Waals surface area contributed by atoms with E-state index in [2.05, 4.69) is 87.9 Å². The van der Waals surface area contributed by atoms with Crippen molar-refractivity contribution in [1.82, 2.24) is 52.0 Å². The Hall–Kier alpha value is -11.6. The fourth-order valence-corrected chi connectivity index (χ4v) is 22.2. The molecule has 7 amide bonds. The Morgan fingerprint density at radius 3 is 2.05 bits per heavy atom. The molecule has 6 heterocycles. The number of piperidine rings is 1. The van der Waals surface area contributed by atoms with Crippen molar-refractivity contribution in [2.75, 3.05) is 89.5 Å². The number of amides is 7. The van der Waals surface area contributed by atoms with E-state index < -0.39 is 210 Å². The minimum atomic E-state index is -2.50. The number of ketones is 3. The minimum Gasteiger partial charge on any atom is -0.496 e. The van der Waals surface area contributed by atoms with Gasteiger partial charge >= 0.3 is 42.2 Å². The molecule has 1 spiro atoms. The zero-order valence-corrected chi connectivity index (χ0v) is 75.2. The number of Topliss-reactive ketones (excluding diaryl/α,β-unsaturated/α-hetero) is 3. The summed E-state index contributed by atoms with van der Waals surface area (Å²) in [4.78, 5) is 210. The lowest BCUT2D eigenvalue weighted by Gasteiger charge is -2.63. The van der Waals surface area contributed by atoms with Crippen molar-refractivity contribution < 1.29 is 127 Å². The number of carboxylic acid groups (broad SMARTS) is 4. The fraction of sp³-hybridized carbons (Fsp3) is 0.527. The number of para-hydroxylation sites is 1. The highest BCUT2D eigenvalue weighted by molar-refractivity contribution is 8.76. The SMILES string of the molecule is CC[C@]1(O)CC2CN(CCc3c([nH]c4ccccc34)[C@@](C)(c3cc4c(cc3OC)N(C)C3[C@]45CCN4CC=C[C@@](CC)([C@@H](O)[C@]3(O)C(=O)CNC(=O)OCCSSC[C@@H](CC(=O)[C@H](CC(=O)O)NC(=O)[C@@H](N)CNC(=O)[C@@H](CC(=O)[C@H](Cc3ccccc3)NC(=O)CCNC(=O)CC[C@H](NC(=O)N[C@@H](CCC(=O)O)OC=O)C(=O)O)Cc3ccccc3)C(=O)O)[C@H]45)C2)C1.O=C=O. The van der Waals surface area contributed by atoms with E-state index in [1.807, 2.05) is 50.1 Å². The van der Waals surface area contributed by atoms with E-state index in [0.29, 0.717) is 68.6 Å². The number of alkyl carbamates (subject to hydrolysis) is 1. The molecule has 1 saturated carbocycles. The van der Waals surface area contributed by atoms with Gasteiger partial charge in [-0.25, -0.2) is 14.4 Å². The molecule has 708 valence electrons. The number of nitrogens with two attached hydrogens (primary N) is 1. The van der Waals surface area contributed by atoms with E-state index >= 15 is 4.79 Å². The van der Waals surface area contributed by atoms with Crippen LogP contribution in [0.4, 0.5) is 15.3 Å². The molecule has 2 saturated heterocycles. The van der Waals surface area contributed by atoms with Gasteiger partial charge < -0.3 is 103 Å². The Labute approximate surface area is 763 Å². The molecular weight excluding hydrogens is 1740 g/mol. The highest BCUT2D eigenvalue weighted by atomic mass is 33.1. The van der Waals surface area contributed by atoms with Crippen LogP contribution in [-0.4, -0.2) is 285 Å². The fourth-order valence-electron chi connectivity index (χ4n) is 20.1. The first-order valence-corrected chi connectivity index (χ1v) is 46.0. The Morgan fingerprint density at radius 2 is 1.39 bits per heavy atom. The first-order chi connectivity index (χ1) is 62.5. The number of aliphatic hydroxyl groups excluding tert-OH is 1. The number of aliphatic hydroxyl groups is 3. The van der Waals surface area contributed by atoms with Crippen LogP contribution in [0.1, 0.15) is 138 Å². The third-order valence-electron chi connectivity index (χ3n) is 26.2. The zero-order chi connectivity index (χ0) is 95.3. The number of nitrogens with one attached hydrogen (secondary N) is 8. The number of fused-ring (bicyclic) bond motifs is 6. The van der Waals surface area contributed by atoms with Crippen molar-refractivity contribution in [3.05, 3.63) is 143 Å². The van der Waals surface area contributed by atoms with Crippen LogP contribution in [0.3, 0.4) is 0 Å². The molecule has 1 aliphatic carbocycles. The van der Waals surface area contributed by atoms with Crippen LogP contribution < -0.4 is 52.6 Å². The van der Waals surface area contributed by atoms with Gasteiger partial charge in [0.2, 0.25) is 23.6 Å². The van der Waals surface area contributed by atoms with E-state index in [9.17, 15) is 93.0 Å². The summed E-state index contributed by atoms with van der Waals surface area (Å²) in [5, 5.41) is 95.6. The first-order valence-electron chi connectivity index (χ1n) is 43.6. The van der Waals surface area contributed by atoms with Crippen molar-refractivity contribution in [2.24, 2.45) is 28.9 Å². The Morgan fingerprint density at radius 1 is 0.710 bits per heavy atom. The standard InChI is InChI=1S/C90H116N12O24S2.CO2/c1-6-87(122)45-54-44-86(3,76-58(28-33-101(48-54)50-87)57-21-14-15-22-62(57)96-76)60-41-59-66(43-69(60)124-5)100(4)82-89(59)30-34-102-32-16-29-88(7-2,81(89)102)83(119)90(82,123)70(106)47-94-85(121)125-35-36-127-128-49-56(79(115)116)40-68(105)65(42-75(111)112)97-78(114)61(91)46-93-77(113)55(37-52-17-10-8-11-18-52)39-67(104)64(38-53-19-12-9-13-20-53)95-72(108)27-31-92-71(107)24-23-63(80(117)118)98-84(120)99-73(126-51-103)25-26-74(109)110;2-1-3/h8-22,29,41,43,51,54-56,61,63-65,73,81-83,96,119,122-123H,6-7,23-28,30-40,42,44-50,91H2,1-5H3,(H,92,107)(H,93,113)(H,94,121)(H,95,108)(H,97,114)(H,109,110)(H,111,112)(H,115,116)(H,117,118)(H2,98,99,120);/t54?,55-,56-,61+,63+,64+,65+,73-,81+,82?,83-,86-,87+,88-,89-,90+;/m1./s1. The van der Waals surface area contributed by atoms with Gasteiger partial charge in [0.1, 0.15) is 30.5 Å². The summed E-state index contributed by atoms with van der Waals surface area (Å²) in [7, 11) is 5.54. The smallest absolute Gasteiger partial charge is 0.407 e. The molecule has 11 rings (SSSR count). The van der Waals surface area contributed by atoms with Crippen molar-refractivity contribution in [1.29, 1.82) is 0 Å². The number of carbonyl (C=O) groups excluding carboxylic acids is 12. The maximum absolute atomic E-state index is 15.4. The third kappa shape index (κ3) is 24.0. The summed E-state index contributed by atoms with van der Waals surface area (Å²) < 4.78 is 16.6. The molecular formula is C91H116N12O26S2. The van der Waals surface area contributed by atoms with Crippen molar-refractivity contribution in [3.63, 3.8) is 0 Å². The molecule has 5 aromatic rings. The summed E-state index contributed by atoms with van der Waals surface area (Å²) in [6.07, 6.45) is -0.844. The van der Waals surface area contributed by atoms with E-state index in [0.717, 1.165) is 74.5 Å². The minimum absolute atomic E-state index is 0.0339. The lowest BCUT2D eigenvalue weighted by atomic mass is 9.47. The van der Waals surface area contributed by atoms with Gasteiger partial charge in [0.25, 0.3) is 6.47 Å². The highest BCUT2D eigenvalue weighted by Crippen LogP contribution is 2.68. The number of ether oxygens (including phenoxy) is 3. The Kier molecular flexibility index (Phi) is 35.2. The number of nitrogens with zero attached hydrogens (tertiary/aromatic N) is 3. The number of likely N-dealkylation sites (N-methyl/N-ethyl adjacent to an activating group) is 1. The molecule has 38 nitrogen and oxygen atoms in total. The van der Waals surface area contributed by atoms with E-state index in [1.165, 1.54) is 5.56 Å². The van der Waals surface area contributed by atoms with Crippen LogP contribution in [0.5, 0.6) is 5.75 Å². The summed E-state index contributed by atoms with van der Waals surface area (Å²) >= 11 is 0. The number of urea groups is 1. The predicted octanol–water partition coefficient (Wildman–Crippen LogP) is 3.20. The van der Waals surface area contributed by atoms with Gasteiger partial charge in [0, 0.05) is 152 Å². The second-order valence-corrected chi connectivity index (χ2v) is 37.2. The number of aliphatic carboxylic acids is 4. The molecule has 5 aliphatic heterocycles. The van der Waals surface area contributed by atoms with Crippen LogP contribution in [0, 0.1) is 23.2 Å². The van der Waals surface area contributed by atoms with Crippen LogP contribution in [0.2, 0.25) is 0 Å². The summed E-state index contributed by atoms with van der Waals surface area (Å²) in [6, 6.07) is 20.8. The molecule has 3 fully saturated rings. The molecule has 2 bridgehead atoms. The largest absolute Gasteiger partial charge is 0.496 e. The number of carboxylic acids is 4. The Bertz CT molecular complexity index is 5060. The average Bonchev–Trinajstić information content (AvgIpc) is 1.57. The van der Waals surface area contributed by atoms with Crippen LogP contribution >= 0.6 is 21.6 Å². The molecule has 17 N–H and O–H groups in total. The highest BCUT2D eigenvalue weighted by Gasteiger charge is 2.78. The zero-order valence-electron chi connectivity index (χ0n) is 73.5. The van der Waals surface area contributed by atoms with Gasteiger partial charge in [-0.3, -0.25) is 62.5 Å². The number of methoxy groups -OCH3 is 1. The summed E-state index contributed by atoms with van der Waals surface area (Å²) in [5.41, 5.74) is 7.08. The molecule has 0 radical (unpaired) electrons. The third-order valence-corrected chi connectivity index (χ3v) is 28.6. The maximum atomic E-state index is 15.4. The van der Waals surface area contributed by atoms with Crippen molar-refractivity contribution in [2.45, 2.75) is 194 Å². The van der Waals surface area contributed by atoms with Crippen molar-refractivity contribution in [3.8, 4) is 5.75 Å². The number of benzene rings is 4. The van der Waals surface area contributed by atoms with Gasteiger partial charge in [0.05, 0.1) is 56.1 Å². The van der Waals surface area contributed by atoms with E-state index in [4.69, 9.17) is 29.9 Å². The summed E-state index contributed by atoms with van der Waals surface area (Å²) in [6.45, 7) is 7.63. The number of aromatic nitrogens is 1. The lowest BCUT2D eigenvalue weighted by Crippen LogP contribution is -2.81. The second kappa shape index (κ2) is 45.5. The molecule has 40 heteroatoms. The quantitative estimate of drug-likeness (QED) is 0.00874. The van der Waals surface area contributed by atoms with E-state index in [-0.39, 0.29) is 74.9 Å². The monoisotopic (exact) mass is 1860 g/mol. The molecule has 3 unspecified atom stereocenters. The Balaban J connectivity index is 0.00000586. The van der Waals surface area contributed by atoms with Gasteiger partial charge in [-0.05, 0) is 112 Å². The van der Waals surface area contributed by atoms with Gasteiger partial charge in [-0.15, -0.1) is 0 Å². The molecule has 1 aromatic heterocycles. The number of carbonyl (C=O) groups is 14. The second-order valence-electron chi connectivity index (χ2n) is 34.5. The number of anilines is 1. The molecule has 17 atom stereocenters. The number of aromatic amines is 1. The van der Waals surface area contributed by atoms with Crippen LogP contribution in [0.15, 0.2) is 109 Å². The van der Waals surface area contributed by atoms with Crippen molar-refractivity contribution >= 4 is 128 Å². The van der Waals surface area contributed by atoms with Crippen LogP contribution in [0.25, 0.3) is 10.9 Å². The molecule has 4 aromatic carbocycles. The predicted molar refractivity (Wildman–Crippen MR) is 476 cm³/mol. The number of rotatable bonds is 46. The summed E-state index contributed by atoms with van der Waals surface area (Å²) in [5.74, 6) is -13.6. The lowest BCUT2D eigenvalue weighted by molar-refractivity contribution is -0.201. The topological polar surface area (TPSA) is 578 Å². The van der Waals surface area contributed by atoms with Gasteiger partial charge in [0.15, 0.2) is 29.2 Å². The normalized spacial score (nSPS) is 24.2. The van der Waals surface area contributed by atoms with E-state index in [1.54, 1.807) is 67.8 Å². The number of hydrogen-bond acceptors (Lipinski definition) is 28. The van der Waals surface area contributed by atoms with Crippen LogP contribution in [-0.2, 0) is 107 Å². The molecule has 131 heavy (non-hydrogen) atoms. The average molecular weight is 1860 g/mol. The first kappa shape index (κ1) is 102. The maximum Gasteiger partial charge on any atom is 0.407 e. The molecule has 6 aliphatic rings. The number of hydrogen-bond donors (Lipinski definition) is 16. The van der Waals surface area contributed by atoms with Gasteiger partial charge in [-0.1, -0.05) is 126 Å².